The van der Waals surface area contributed by atoms with Gasteiger partial charge in [0, 0.05) is 16.2 Å². The summed E-state index contributed by atoms with van der Waals surface area (Å²) in [4.78, 5) is 27.3. The third-order valence-corrected chi connectivity index (χ3v) is 3.38. The van der Waals surface area contributed by atoms with Crippen LogP contribution in [0.4, 0.5) is 0 Å². The van der Waals surface area contributed by atoms with Gasteiger partial charge in [0.15, 0.2) is 0 Å². The lowest BCUT2D eigenvalue weighted by Crippen LogP contribution is -2.35. The van der Waals surface area contributed by atoms with Crippen LogP contribution in [0.25, 0.3) is 0 Å². The van der Waals surface area contributed by atoms with Crippen molar-refractivity contribution in [1.29, 1.82) is 0 Å². The molecule has 2 amide bonds. The van der Waals surface area contributed by atoms with E-state index in [0.29, 0.717) is 11.3 Å². The molecule has 0 saturated heterocycles. The maximum absolute atomic E-state index is 11.8. The Balaban J connectivity index is 1.85. The highest BCUT2D eigenvalue weighted by Gasteiger charge is 2.08. The summed E-state index contributed by atoms with van der Waals surface area (Å²) < 4.78 is 6.06. The Morgan fingerprint density at radius 1 is 1.33 bits per heavy atom. The number of nitrogens with one attached hydrogen (secondary N) is 2. The molecule has 0 aliphatic carbocycles. The number of rotatable bonds is 6. The van der Waals surface area contributed by atoms with Gasteiger partial charge < -0.3 is 10.1 Å². The minimum Gasteiger partial charge on any atom is -0.496 e. The van der Waals surface area contributed by atoms with Crippen molar-refractivity contribution >= 4 is 34.0 Å². The standard InChI is InChI=1S/C16H15BrN4O3/c1-24-14-6-5-12(17)8-11(14)9-20-21-15(22)10-19-16(23)13-4-2-3-7-18-13/h2-9H,10H2,1H3,(H,19,23)(H,21,22)/b20-9+. The summed E-state index contributed by atoms with van der Waals surface area (Å²) in [6.45, 7) is -0.206. The molecule has 0 bridgehead atoms. The zero-order valence-electron chi connectivity index (χ0n) is 12.8. The number of hydrazone groups is 1. The van der Waals surface area contributed by atoms with E-state index in [1.165, 1.54) is 12.4 Å². The first-order valence-electron chi connectivity index (χ1n) is 6.95. The summed E-state index contributed by atoms with van der Waals surface area (Å²) in [7, 11) is 1.55. The quantitative estimate of drug-likeness (QED) is 0.580. The van der Waals surface area contributed by atoms with Crippen molar-refractivity contribution in [3.8, 4) is 5.75 Å². The predicted octanol–water partition coefficient (Wildman–Crippen LogP) is 1.73. The monoisotopic (exact) mass is 390 g/mol. The number of halogens is 1. The molecule has 1 aromatic heterocycles. The average molecular weight is 391 g/mol. The zero-order chi connectivity index (χ0) is 17.4. The molecule has 2 aromatic rings. The highest BCUT2D eigenvalue weighted by molar-refractivity contribution is 9.10. The minimum atomic E-state index is -0.454. The largest absolute Gasteiger partial charge is 0.496 e. The smallest absolute Gasteiger partial charge is 0.270 e. The van der Waals surface area contributed by atoms with E-state index in [1.807, 2.05) is 6.07 Å². The highest BCUT2D eigenvalue weighted by atomic mass is 79.9. The molecule has 0 aliphatic rings. The number of benzene rings is 1. The Kier molecular flexibility index (Phi) is 6.44. The van der Waals surface area contributed by atoms with Crippen LogP contribution in [0.5, 0.6) is 5.75 Å². The van der Waals surface area contributed by atoms with Crippen LogP contribution in [-0.2, 0) is 4.79 Å². The fraction of sp³-hybridized carbons (Fsp3) is 0.125. The van der Waals surface area contributed by atoms with E-state index >= 15 is 0 Å². The summed E-state index contributed by atoms with van der Waals surface area (Å²) in [5.74, 6) is -0.257. The lowest BCUT2D eigenvalue weighted by molar-refractivity contribution is -0.120. The van der Waals surface area contributed by atoms with Crippen LogP contribution in [0.2, 0.25) is 0 Å². The van der Waals surface area contributed by atoms with Gasteiger partial charge in [-0.25, -0.2) is 5.43 Å². The molecule has 0 unspecified atom stereocenters. The van der Waals surface area contributed by atoms with Crippen LogP contribution < -0.4 is 15.5 Å². The average Bonchev–Trinajstić information content (AvgIpc) is 2.60. The number of carbonyl (C=O) groups excluding carboxylic acids is 2. The molecule has 8 heteroatoms. The van der Waals surface area contributed by atoms with E-state index in [9.17, 15) is 9.59 Å². The van der Waals surface area contributed by atoms with Gasteiger partial charge in [0.25, 0.3) is 11.8 Å². The Labute approximate surface area is 147 Å². The molecule has 0 saturated carbocycles. The van der Waals surface area contributed by atoms with Gasteiger partial charge >= 0.3 is 0 Å². The van der Waals surface area contributed by atoms with Crippen molar-refractivity contribution in [1.82, 2.24) is 15.7 Å². The topological polar surface area (TPSA) is 92.7 Å². The molecule has 0 aliphatic heterocycles. The third kappa shape index (κ3) is 5.17. The van der Waals surface area contributed by atoms with Crippen LogP contribution in [0.3, 0.4) is 0 Å². The van der Waals surface area contributed by atoms with Crippen LogP contribution in [-0.4, -0.2) is 36.7 Å². The number of methoxy groups -OCH3 is 1. The summed E-state index contributed by atoms with van der Waals surface area (Å²) >= 11 is 3.35. The summed E-state index contributed by atoms with van der Waals surface area (Å²) in [6, 6.07) is 10.4. The molecule has 24 heavy (non-hydrogen) atoms. The van der Waals surface area contributed by atoms with Gasteiger partial charge in [-0.05, 0) is 30.3 Å². The number of carbonyl (C=O) groups is 2. The van der Waals surface area contributed by atoms with Gasteiger partial charge in [-0.3, -0.25) is 14.6 Å². The van der Waals surface area contributed by atoms with Gasteiger partial charge in [0.2, 0.25) is 0 Å². The van der Waals surface area contributed by atoms with Gasteiger partial charge in [-0.1, -0.05) is 22.0 Å². The molecule has 1 aromatic carbocycles. The molecule has 0 spiro atoms. The third-order valence-electron chi connectivity index (χ3n) is 2.89. The molecule has 0 fully saturated rings. The maximum atomic E-state index is 11.8. The highest BCUT2D eigenvalue weighted by Crippen LogP contribution is 2.21. The van der Waals surface area contributed by atoms with E-state index in [-0.39, 0.29) is 12.2 Å². The van der Waals surface area contributed by atoms with E-state index in [1.54, 1.807) is 37.4 Å². The van der Waals surface area contributed by atoms with Gasteiger partial charge in [0.05, 0.1) is 19.9 Å². The first-order chi connectivity index (χ1) is 11.6. The van der Waals surface area contributed by atoms with Gasteiger partial charge in [-0.2, -0.15) is 5.10 Å². The fourth-order valence-electron chi connectivity index (χ4n) is 1.77. The van der Waals surface area contributed by atoms with Crippen molar-refractivity contribution in [3.63, 3.8) is 0 Å². The number of aromatic nitrogens is 1. The molecule has 1 heterocycles. The number of hydrogen-bond donors (Lipinski definition) is 2. The van der Waals surface area contributed by atoms with Gasteiger partial charge in [0.1, 0.15) is 11.4 Å². The van der Waals surface area contributed by atoms with Crippen LogP contribution >= 0.6 is 15.9 Å². The normalized spacial score (nSPS) is 10.4. The Morgan fingerprint density at radius 2 is 2.17 bits per heavy atom. The van der Waals surface area contributed by atoms with Crippen molar-refractivity contribution in [2.75, 3.05) is 13.7 Å². The zero-order valence-corrected chi connectivity index (χ0v) is 14.4. The second-order valence-electron chi connectivity index (χ2n) is 4.58. The second-order valence-corrected chi connectivity index (χ2v) is 5.49. The van der Waals surface area contributed by atoms with Crippen LogP contribution in [0, 0.1) is 0 Å². The molecule has 0 radical (unpaired) electrons. The second kappa shape index (κ2) is 8.78. The minimum absolute atomic E-state index is 0.206. The fourth-order valence-corrected chi connectivity index (χ4v) is 2.15. The van der Waals surface area contributed by atoms with Crippen molar-refractivity contribution in [3.05, 3.63) is 58.3 Å². The van der Waals surface area contributed by atoms with E-state index in [4.69, 9.17) is 4.74 Å². The Bertz CT molecular complexity index is 750. The lowest BCUT2D eigenvalue weighted by Gasteiger charge is -2.05. The number of nitrogens with zero attached hydrogens (tertiary/aromatic N) is 2. The van der Waals surface area contributed by atoms with Crippen molar-refractivity contribution < 1.29 is 14.3 Å². The first-order valence-corrected chi connectivity index (χ1v) is 7.74. The molecular weight excluding hydrogens is 376 g/mol. The number of ether oxygens (including phenoxy) is 1. The van der Waals surface area contributed by atoms with E-state index < -0.39 is 11.8 Å². The summed E-state index contributed by atoms with van der Waals surface area (Å²) in [5.41, 5.74) is 3.28. The van der Waals surface area contributed by atoms with Gasteiger partial charge in [-0.15, -0.1) is 0 Å². The van der Waals surface area contributed by atoms with Crippen molar-refractivity contribution in [2.24, 2.45) is 5.10 Å². The van der Waals surface area contributed by atoms with Crippen LogP contribution in [0.15, 0.2) is 52.2 Å². The molecule has 0 atom stereocenters. The number of amides is 2. The lowest BCUT2D eigenvalue weighted by atomic mass is 10.2. The Morgan fingerprint density at radius 3 is 2.88 bits per heavy atom. The van der Waals surface area contributed by atoms with E-state index in [0.717, 1.165) is 4.47 Å². The SMILES string of the molecule is COc1ccc(Br)cc1/C=N/NC(=O)CNC(=O)c1ccccn1. The molecular formula is C16H15BrN4O3. The van der Waals surface area contributed by atoms with Crippen LogP contribution in [0.1, 0.15) is 16.1 Å². The molecule has 2 rings (SSSR count). The number of hydrogen-bond acceptors (Lipinski definition) is 5. The first kappa shape index (κ1) is 17.6. The number of pyridine rings is 1. The molecule has 2 N–H and O–H groups in total. The predicted molar refractivity (Wildman–Crippen MR) is 93.0 cm³/mol. The van der Waals surface area contributed by atoms with E-state index in [2.05, 4.69) is 36.8 Å². The Hall–Kier alpha value is -2.74. The summed E-state index contributed by atoms with van der Waals surface area (Å²) in [6.07, 6.45) is 2.97. The molecule has 124 valence electrons. The maximum Gasteiger partial charge on any atom is 0.270 e. The summed E-state index contributed by atoms with van der Waals surface area (Å²) in [5, 5.41) is 6.31. The molecule has 7 nitrogen and oxygen atoms in total. The van der Waals surface area contributed by atoms with Crippen molar-refractivity contribution in [2.45, 2.75) is 0 Å².